The number of rotatable bonds is 6. The van der Waals surface area contributed by atoms with Gasteiger partial charge in [-0.2, -0.15) is 0 Å². The average Bonchev–Trinajstić information content (AvgIpc) is 3.15. The summed E-state index contributed by atoms with van der Waals surface area (Å²) in [6, 6.07) is 7.48. The molecule has 3 amide bonds. The lowest BCUT2D eigenvalue weighted by molar-refractivity contribution is -0.156. The van der Waals surface area contributed by atoms with Crippen LogP contribution in [0.5, 0.6) is 0 Å². The van der Waals surface area contributed by atoms with Crippen molar-refractivity contribution < 1.29 is 24.2 Å². The van der Waals surface area contributed by atoms with E-state index < -0.39 is 35.1 Å². The van der Waals surface area contributed by atoms with Crippen LogP contribution in [0, 0.1) is 11.8 Å². The van der Waals surface area contributed by atoms with Gasteiger partial charge < -0.3 is 24.5 Å². The van der Waals surface area contributed by atoms with Gasteiger partial charge in [0.2, 0.25) is 17.7 Å². The van der Waals surface area contributed by atoms with Crippen LogP contribution in [0.3, 0.4) is 0 Å². The zero-order valence-corrected chi connectivity index (χ0v) is 22.0. The Kier molecular flexibility index (Phi) is 6.52. The van der Waals surface area contributed by atoms with Gasteiger partial charge in [-0.15, -0.1) is 0 Å². The Bertz CT molecular complexity index is 1140. The van der Waals surface area contributed by atoms with Crippen LogP contribution >= 0.6 is 0 Å². The van der Waals surface area contributed by atoms with Gasteiger partial charge >= 0.3 is 0 Å². The average molecular weight is 508 g/mol. The SMILES string of the molecule is CCCC(C)N1CC=C[C@]23O[C@@]4(C)C=CCN(C)C(=O)[C@H]4[C@H]2C(=O)N([C@H](CO)c2ccccc2)C3C1=O. The van der Waals surface area contributed by atoms with Gasteiger partial charge in [-0.05, 0) is 25.8 Å². The molecule has 0 saturated carbocycles. The maximum Gasteiger partial charge on any atom is 0.249 e. The number of carbonyl (C=O) groups excluding carboxylic acids is 3. The second-order valence-electron chi connectivity index (χ2n) is 11.0. The summed E-state index contributed by atoms with van der Waals surface area (Å²) in [5, 5.41) is 10.6. The fourth-order valence-corrected chi connectivity index (χ4v) is 6.94. The molecule has 0 aliphatic carbocycles. The molecule has 8 nitrogen and oxygen atoms in total. The smallest absolute Gasteiger partial charge is 0.249 e. The topological polar surface area (TPSA) is 90.4 Å². The number of carbonyl (C=O) groups is 3. The quantitative estimate of drug-likeness (QED) is 0.597. The van der Waals surface area contributed by atoms with Crippen molar-refractivity contribution in [3.8, 4) is 0 Å². The molecule has 1 N–H and O–H groups in total. The predicted molar refractivity (Wildman–Crippen MR) is 138 cm³/mol. The van der Waals surface area contributed by atoms with Crippen molar-refractivity contribution in [1.29, 1.82) is 0 Å². The van der Waals surface area contributed by atoms with Crippen molar-refractivity contribution >= 4 is 17.7 Å². The summed E-state index contributed by atoms with van der Waals surface area (Å²) in [6.07, 6.45) is 9.29. The lowest BCUT2D eigenvalue weighted by Crippen LogP contribution is -2.58. The Labute approximate surface area is 218 Å². The molecule has 8 heteroatoms. The van der Waals surface area contributed by atoms with Gasteiger partial charge in [0, 0.05) is 26.2 Å². The summed E-state index contributed by atoms with van der Waals surface area (Å²) in [7, 11) is 1.72. The Hall–Kier alpha value is -2.97. The lowest BCUT2D eigenvalue weighted by Gasteiger charge is -2.41. The zero-order chi connectivity index (χ0) is 26.5. The van der Waals surface area contributed by atoms with Gasteiger partial charge in [0.15, 0.2) is 0 Å². The standard InChI is InChI=1S/C29H37N3O5/c1-5-11-19(2)31-17-10-15-29-23(22-25(34)30(4)16-9-14-28(22,3)37-29)26(35)32(24(29)27(31)36)21(18-33)20-12-7-6-8-13-20/h6-10,12-15,19,21-24,33H,5,11,16-18H2,1-4H3/t19?,21-,22-,23+,24?,28+,29+/m1/s1. The van der Waals surface area contributed by atoms with E-state index in [1.165, 1.54) is 4.90 Å². The maximum absolute atomic E-state index is 14.5. The number of hydrogen-bond donors (Lipinski definition) is 1. The molecule has 37 heavy (non-hydrogen) atoms. The number of benzene rings is 1. The van der Waals surface area contributed by atoms with Crippen LogP contribution < -0.4 is 0 Å². The summed E-state index contributed by atoms with van der Waals surface area (Å²) in [4.78, 5) is 47.5. The van der Waals surface area contributed by atoms with Gasteiger partial charge in [0.1, 0.15) is 11.6 Å². The molecular formula is C29H37N3O5. The maximum atomic E-state index is 14.5. The van der Waals surface area contributed by atoms with E-state index in [0.29, 0.717) is 13.1 Å². The first kappa shape index (κ1) is 25.7. The third-order valence-electron chi connectivity index (χ3n) is 8.66. The molecule has 1 spiro atoms. The summed E-state index contributed by atoms with van der Waals surface area (Å²) in [5.74, 6) is -2.39. The molecule has 5 rings (SSSR count). The first-order valence-electron chi connectivity index (χ1n) is 13.3. The largest absolute Gasteiger partial charge is 0.394 e. The molecular weight excluding hydrogens is 470 g/mol. The number of aliphatic hydroxyl groups excluding tert-OH is 1. The Balaban J connectivity index is 1.70. The van der Waals surface area contributed by atoms with Crippen LogP contribution in [0.2, 0.25) is 0 Å². The van der Waals surface area contributed by atoms with Crippen molar-refractivity contribution in [2.45, 2.75) is 62.9 Å². The van der Waals surface area contributed by atoms with Crippen LogP contribution in [0.1, 0.15) is 45.2 Å². The van der Waals surface area contributed by atoms with Crippen molar-refractivity contribution in [2.75, 3.05) is 26.7 Å². The molecule has 0 bridgehead atoms. The minimum absolute atomic E-state index is 0.0345. The van der Waals surface area contributed by atoms with Gasteiger partial charge in [-0.3, -0.25) is 14.4 Å². The number of hydrogen-bond acceptors (Lipinski definition) is 5. The number of aliphatic hydroxyl groups is 1. The van der Waals surface area contributed by atoms with Crippen LogP contribution in [0.25, 0.3) is 0 Å². The van der Waals surface area contributed by atoms with E-state index in [9.17, 15) is 19.5 Å². The first-order valence-corrected chi connectivity index (χ1v) is 13.3. The summed E-state index contributed by atoms with van der Waals surface area (Å²) < 4.78 is 6.82. The highest BCUT2D eigenvalue weighted by Crippen LogP contribution is 2.58. The third kappa shape index (κ3) is 3.76. The van der Waals surface area contributed by atoms with E-state index >= 15 is 0 Å². The fraction of sp³-hybridized carbons (Fsp3) is 0.552. The molecule has 198 valence electrons. The fourth-order valence-electron chi connectivity index (χ4n) is 6.94. The molecule has 2 unspecified atom stereocenters. The van der Waals surface area contributed by atoms with E-state index in [1.54, 1.807) is 11.9 Å². The van der Waals surface area contributed by atoms with Crippen molar-refractivity contribution in [2.24, 2.45) is 11.8 Å². The molecule has 1 aromatic carbocycles. The predicted octanol–water partition coefficient (Wildman–Crippen LogP) is 2.31. The van der Waals surface area contributed by atoms with Crippen LogP contribution in [-0.4, -0.2) is 87.6 Å². The third-order valence-corrected chi connectivity index (χ3v) is 8.66. The molecule has 0 radical (unpaired) electrons. The zero-order valence-electron chi connectivity index (χ0n) is 22.0. The number of ether oxygens (including phenoxy) is 1. The summed E-state index contributed by atoms with van der Waals surface area (Å²) in [5.41, 5.74) is -1.63. The number of likely N-dealkylation sites (tertiary alicyclic amines) is 1. The molecule has 1 aromatic rings. The Morgan fingerprint density at radius 3 is 2.41 bits per heavy atom. The van der Waals surface area contributed by atoms with Crippen LogP contribution in [-0.2, 0) is 19.1 Å². The highest BCUT2D eigenvalue weighted by atomic mass is 16.5. The van der Waals surface area contributed by atoms with E-state index in [2.05, 4.69) is 6.92 Å². The van der Waals surface area contributed by atoms with Gasteiger partial charge in [0.25, 0.3) is 0 Å². The van der Waals surface area contributed by atoms with Crippen molar-refractivity contribution in [3.63, 3.8) is 0 Å². The highest BCUT2D eigenvalue weighted by molar-refractivity contribution is 6.00. The first-order chi connectivity index (χ1) is 17.7. The van der Waals surface area contributed by atoms with Crippen LogP contribution in [0.4, 0.5) is 0 Å². The molecule has 2 fully saturated rings. The second-order valence-corrected chi connectivity index (χ2v) is 11.0. The molecule has 4 aliphatic heterocycles. The van der Waals surface area contributed by atoms with E-state index in [-0.39, 0.29) is 30.4 Å². The summed E-state index contributed by atoms with van der Waals surface area (Å²) in [6.45, 7) is 6.42. The molecule has 7 atom stereocenters. The molecule has 4 heterocycles. The Morgan fingerprint density at radius 1 is 1.03 bits per heavy atom. The normalized spacial score (nSPS) is 34.7. The molecule has 0 aromatic heterocycles. The highest BCUT2D eigenvalue weighted by Gasteiger charge is 2.75. The summed E-state index contributed by atoms with van der Waals surface area (Å²) >= 11 is 0. The van der Waals surface area contributed by atoms with E-state index in [0.717, 1.165) is 18.4 Å². The number of fused-ring (bicyclic) bond motifs is 2. The van der Waals surface area contributed by atoms with E-state index in [1.807, 2.05) is 73.4 Å². The van der Waals surface area contributed by atoms with Crippen molar-refractivity contribution in [3.05, 3.63) is 60.2 Å². The van der Waals surface area contributed by atoms with Crippen LogP contribution in [0.15, 0.2) is 54.6 Å². The molecule has 2 saturated heterocycles. The van der Waals surface area contributed by atoms with E-state index in [4.69, 9.17) is 4.74 Å². The molecule has 4 aliphatic rings. The van der Waals surface area contributed by atoms with Gasteiger partial charge in [-0.1, -0.05) is 68.0 Å². The lowest BCUT2D eigenvalue weighted by atomic mass is 9.74. The monoisotopic (exact) mass is 507 g/mol. The van der Waals surface area contributed by atoms with Gasteiger partial charge in [0.05, 0.1) is 30.1 Å². The van der Waals surface area contributed by atoms with Crippen molar-refractivity contribution in [1.82, 2.24) is 14.7 Å². The minimum Gasteiger partial charge on any atom is -0.394 e. The number of likely N-dealkylation sites (N-methyl/N-ethyl adjacent to an activating group) is 1. The minimum atomic E-state index is -1.32. The van der Waals surface area contributed by atoms with Gasteiger partial charge in [-0.25, -0.2) is 0 Å². The number of amides is 3. The second kappa shape index (κ2) is 9.40. The Morgan fingerprint density at radius 2 is 1.73 bits per heavy atom. The number of nitrogens with zero attached hydrogens (tertiary/aromatic N) is 3.